The van der Waals surface area contributed by atoms with Crippen molar-refractivity contribution in [3.8, 4) is 0 Å². The molecule has 0 aliphatic rings. The molecule has 0 saturated heterocycles. The fourth-order valence-electron chi connectivity index (χ4n) is 0.983. The van der Waals surface area contributed by atoms with Crippen LogP contribution in [-0.2, 0) is 4.74 Å². The summed E-state index contributed by atoms with van der Waals surface area (Å²) in [7, 11) is 0. The molecule has 4 heteroatoms. The lowest BCUT2D eigenvalue weighted by Crippen LogP contribution is -2.13. The average Bonchev–Trinajstić information content (AvgIpc) is 2.08. The van der Waals surface area contributed by atoms with Gasteiger partial charge in [0.05, 0.1) is 11.7 Å². The molecule has 1 aromatic carbocycles. The number of nitrogen functional groups attached to an aromatic ring is 1. The third kappa shape index (κ3) is 2.64. The molecule has 0 heterocycles. The van der Waals surface area contributed by atoms with E-state index in [0.29, 0.717) is 16.3 Å². The molecule has 1 aromatic rings. The second-order valence-electron chi connectivity index (χ2n) is 3.19. The van der Waals surface area contributed by atoms with Crippen LogP contribution in [0, 0.1) is 0 Å². The van der Waals surface area contributed by atoms with Gasteiger partial charge in [0.1, 0.15) is 0 Å². The van der Waals surface area contributed by atoms with E-state index in [2.05, 4.69) is 0 Å². The Morgan fingerprint density at radius 2 is 2.14 bits per heavy atom. The fraction of sp³-hybridized carbons (Fsp3) is 0.300. The SMILES string of the molecule is CC(C)OC(=O)c1cc(Cl)ccc1N. The highest BCUT2D eigenvalue weighted by atomic mass is 35.5. The molecule has 0 aliphatic heterocycles. The van der Waals surface area contributed by atoms with Gasteiger partial charge in [-0.05, 0) is 32.0 Å². The highest BCUT2D eigenvalue weighted by molar-refractivity contribution is 6.31. The Labute approximate surface area is 87.8 Å². The quantitative estimate of drug-likeness (QED) is 0.607. The standard InChI is InChI=1S/C10H12ClNO2/c1-6(2)14-10(13)8-5-7(11)3-4-9(8)12/h3-6H,12H2,1-2H3. The Morgan fingerprint density at radius 1 is 1.50 bits per heavy atom. The molecule has 0 saturated carbocycles. The predicted octanol–water partition coefficient (Wildman–Crippen LogP) is 2.49. The Bertz CT molecular complexity index is 350. The maximum absolute atomic E-state index is 11.5. The van der Waals surface area contributed by atoms with Gasteiger partial charge in [0.25, 0.3) is 0 Å². The number of hydrogen-bond donors (Lipinski definition) is 1. The number of carbonyl (C=O) groups is 1. The van der Waals surface area contributed by atoms with Crippen LogP contribution in [0.15, 0.2) is 18.2 Å². The molecule has 14 heavy (non-hydrogen) atoms. The van der Waals surface area contributed by atoms with E-state index in [1.807, 2.05) is 0 Å². The summed E-state index contributed by atoms with van der Waals surface area (Å²) in [6, 6.07) is 4.71. The molecule has 2 N–H and O–H groups in total. The molecule has 3 nitrogen and oxygen atoms in total. The zero-order valence-electron chi connectivity index (χ0n) is 8.08. The number of ether oxygens (including phenoxy) is 1. The Morgan fingerprint density at radius 3 is 2.71 bits per heavy atom. The number of esters is 1. The average molecular weight is 214 g/mol. The van der Waals surface area contributed by atoms with Crippen molar-refractivity contribution in [2.24, 2.45) is 0 Å². The molecule has 0 aliphatic carbocycles. The molecule has 0 bridgehead atoms. The number of carbonyl (C=O) groups excluding carboxylic acids is 1. The van der Waals surface area contributed by atoms with Gasteiger partial charge in [-0.1, -0.05) is 11.6 Å². The van der Waals surface area contributed by atoms with Crippen molar-refractivity contribution in [2.75, 3.05) is 5.73 Å². The topological polar surface area (TPSA) is 52.3 Å². The van der Waals surface area contributed by atoms with E-state index in [1.54, 1.807) is 26.0 Å². The van der Waals surface area contributed by atoms with Gasteiger partial charge in [-0.3, -0.25) is 0 Å². The highest BCUT2D eigenvalue weighted by Gasteiger charge is 2.12. The van der Waals surface area contributed by atoms with Crippen molar-refractivity contribution in [2.45, 2.75) is 20.0 Å². The molecular formula is C10H12ClNO2. The lowest BCUT2D eigenvalue weighted by molar-refractivity contribution is 0.0379. The third-order valence-corrected chi connectivity index (χ3v) is 1.81. The minimum atomic E-state index is -0.444. The van der Waals surface area contributed by atoms with Crippen LogP contribution in [0.3, 0.4) is 0 Å². The second kappa shape index (κ2) is 4.33. The number of rotatable bonds is 2. The molecule has 1 rings (SSSR count). The predicted molar refractivity (Wildman–Crippen MR) is 56.4 cm³/mol. The highest BCUT2D eigenvalue weighted by Crippen LogP contribution is 2.19. The van der Waals surface area contributed by atoms with Crippen molar-refractivity contribution in [3.05, 3.63) is 28.8 Å². The third-order valence-electron chi connectivity index (χ3n) is 1.58. The zero-order chi connectivity index (χ0) is 10.7. The lowest BCUT2D eigenvalue weighted by atomic mass is 10.2. The minimum absolute atomic E-state index is 0.166. The molecule has 0 spiro atoms. The molecule has 76 valence electrons. The first-order valence-electron chi connectivity index (χ1n) is 4.26. The largest absolute Gasteiger partial charge is 0.459 e. The van der Waals surface area contributed by atoms with Crippen molar-refractivity contribution in [1.82, 2.24) is 0 Å². The number of halogens is 1. The van der Waals surface area contributed by atoms with Gasteiger partial charge in [0.2, 0.25) is 0 Å². The normalized spacial score (nSPS) is 10.3. The molecule has 0 radical (unpaired) electrons. The van der Waals surface area contributed by atoms with Crippen LogP contribution < -0.4 is 5.73 Å². The molecule has 0 aromatic heterocycles. The van der Waals surface area contributed by atoms with Gasteiger partial charge in [0.15, 0.2) is 0 Å². The Kier molecular flexibility index (Phi) is 3.36. The van der Waals surface area contributed by atoms with E-state index >= 15 is 0 Å². The molecule has 0 unspecified atom stereocenters. The van der Waals surface area contributed by atoms with Gasteiger partial charge in [-0.15, -0.1) is 0 Å². The summed E-state index contributed by atoms with van der Waals surface area (Å²) >= 11 is 5.73. The van der Waals surface area contributed by atoms with Crippen LogP contribution in [0.2, 0.25) is 5.02 Å². The van der Waals surface area contributed by atoms with E-state index in [0.717, 1.165) is 0 Å². The van der Waals surface area contributed by atoms with Gasteiger partial charge >= 0.3 is 5.97 Å². The maximum atomic E-state index is 11.5. The zero-order valence-corrected chi connectivity index (χ0v) is 8.84. The first-order valence-corrected chi connectivity index (χ1v) is 4.64. The van der Waals surface area contributed by atoms with E-state index in [4.69, 9.17) is 22.1 Å². The molecule has 0 atom stereocenters. The van der Waals surface area contributed by atoms with Crippen LogP contribution in [0.4, 0.5) is 5.69 Å². The second-order valence-corrected chi connectivity index (χ2v) is 3.62. The van der Waals surface area contributed by atoms with Gasteiger partial charge in [-0.25, -0.2) is 4.79 Å². The van der Waals surface area contributed by atoms with Crippen molar-refractivity contribution >= 4 is 23.3 Å². The van der Waals surface area contributed by atoms with Crippen LogP contribution in [0.5, 0.6) is 0 Å². The van der Waals surface area contributed by atoms with Crippen molar-refractivity contribution in [3.63, 3.8) is 0 Å². The lowest BCUT2D eigenvalue weighted by Gasteiger charge is -2.09. The number of hydrogen-bond acceptors (Lipinski definition) is 3. The van der Waals surface area contributed by atoms with Gasteiger partial charge in [0, 0.05) is 10.7 Å². The van der Waals surface area contributed by atoms with E-state index in [-0.39, 0.29) is 6.10 Å². The van der Waals surface area contributed by atoms with Crippen LogP contribution in [0.1, 0.15) is 24.2 Å². The number of benzene rings is 1. The fourth-order valence-corrected chi connectivity index (χ4v) is 1.15. The van der Waals surface area contributed by atoms with Crippen LogP contribution >= 0.6 is 11.6 Å². The monoisotopic (exact) mass is 213 g/mol. The summed E-state index contributed by atoms with van der Waals surface area (Å²) < 4.78 is 4.99. The minimum Gasteiger partial charge on any atom is -0.459 e. The first-order chi connectivity index (χ1) is 6.50. The molecule has 0 amide bonds. The summed E-state index contributed by atoms with van der Waals surface area (Å²) in [6.45, 7) is 3.55. The molecular weight excluding hydrogens is 202 g/mol. The summed E-state index contributed by atoms with van der Waals surface area (Å²) in [4.78, 5) is 11.5. The molecule has 0 fully saturated rings. The smallest absolute Gasteiger partial charge is 0.340 e. The summed E-state index contributed by atoms with van der Waals surface area (Å²) in [5.41, 5.74) is 6.29. The van der Waals surface area contributed by atoms with E-state index in [1.165, 1.54) is 6.07 Å². The number of nitrogens with two attached hydrogens (primary N) is 1. The summed E-state index contributed by atoms with van der Waals surface area (Å²) in [5, 5.41) is 0.468. The summed E-state index contributed by atoms with van der Waals surface area (Å²) in [6.07, 6.45) is -0.166. The first kappa shape index (κ1) is 10.9. The van der Waals surface area contributed by atoms with Crippen molar-refractivity contribution < 1.29 is 9.53 Å². The summed E-state index contributed by atoms with van der Waals surface area (Å²) in [5.74, 6) is -0.444. The number of anilines is 1. The van der Waals surface area contributed by atoms with Crippen LogP contribution in [-0.4, -0.2) is 12.1 Å². The Balaban J connectivity index is 2.94. The van der Waals surface area contributed by atoms with Crippen molar-refractivity contribution in [1.29, 1.82) is 0 Å². The van der Waals surface area contributed by atoms with Gasteiger partial charge < -0.3 is 10.5 Å². The van der Waals surface area contributed by atoms with Gasteiger partial charge in [-0.2, -0.15) is 0 Å². The van der Waals surface area contributed by atoms with E-state index < -0.39 is 5.97 Å². The Hall–Kier alpha value is -1.22. The van der Waals surface area contributed by atoms with Crippen LogP contribution in [0.25, 0.3) is 0 Å². The maximum Gasteiger partial charge on any atom is 0.340 e. The van der Waals surface area contributed by atoms with E-state index in [9.17, 15) is 4.79 Å².